The monoisotopic (exact) mass is 262 g/mol. The molecule has 0 spiro atoms. The van der Waals surface area contributed by atoms with Crippen LogP contribution in [0.4, 0.5) is 5.69 Å². The molecule has 96 valence electrons. The highest BCUT2D eigenvalue weighted by Crippen LogP contribution is 2.16. The molecule has 0 fully saturated rings. The van der Waals surface area contributed by atoms with E-state index in [0.29, 0.717) is 13.0 Å². The molecule has 0 aliphatic carbocycles. The van der Waals surface area contributed by atoms with Crippen molar-refractivity contribution >= 4 is 23.4 Å². The molecule has 0 aliphatic heterocycles. The SMILES string of the molecule is CSCCC(=O)Nc1ccc(C#CCN)cc1C. The van der Waals surface area contributed by atoms with Gasteiger partial charge in [0, 0.05) is 23.4 Å². The van der Waals surface area contributed by atoms with E-state index in [4.69, 9.17) is 5.73 Å². The van der Waals surface area contributed by atoms with Gasteiger partial charge in [0.25, 0.3) is 0 Å². The Morgan fingerprint density at radius 1 is 1.50 bits per heavy atom. The number of amides is 1. The molecule has 3 nitrogen and oxygen atoms in total. The summed E-state index contributed by atoms with van der Waals surface area (Å²) in [7, 11) is 0. The van der Waals surface area contributed by atoms with Crippen molar-refractivity contribution in [1.29, 1.82) is 0 Å². The van der Waals surface area contributed by atoms with Crippen molar-refractivity contribution in [2.75, 3.05) is 23.9 Å². The van der Waals surface area contributed by atoms with Gasteiger partial charge in [-0.1, -0.05) is 11.8 Å². The molecule has 0 bridgehead atoms. The van der Waals surface area contributed by atoms with Gasteiger partial charge in [0.15, 0.2) is 0 Å². The zero-order valence-corrected chi connectivity index (χ0v) is 11.6. The Morgan fingerprint density at radius 3 is 2.89 bits per heavy atom. The van der Waals surface area contributed by atoms with Crippen LogP contribution in [0.3, 0.4) is 0 Å². The van der Waals surface area contributed by atoms with E-state index in [-0.39, 0.29) is 5.91 Å². The standard InChI is InChI=1S/C14H18N2OS/c1-11-10-12(4-3-8-15)5-6-13(11)16-14(17)7-9-18-2/h5-6,10H,7-9,15H2,1-2H3,(H,16,17). The minimum Gasteiger partial charge on any atom is -0.326 e. The number of aryl methyl sites for hydroxylation is 1. The van der Waals surface area contributed by atoms with Crippen LogP contribution in [0.5, 0.6) is 0 Å². The molecule has 1 amide bonds. The minimum atomic E-state index is 0.0493. The van der Waals surface area contributed by atoms with Crippen molar-refractivity contribution in [1.82, 2.24) is 0 Å². The smallest absolute Gasteiger partial charge is 0.225 e. The predicted octanol–water partition coefficient (Wildman–Crippen LogP) is 2.00. The lowest BCUT2D eigenvalue weighted by Gasteiger charge is -2.08. The van der Waals surface area contributed by atoms with Crippen LogP contribution in [0.25, 0.3) is 0 Å². The highest BCUT2D eigenvalue weighted by atomic mass is 32.2. The first kappa shape index (κ1) is 14.6. The normalized spacial score (nSPS) is 9.50. The maximum absolute atomic E-state index is 11.6. The summed E-state index contributed by atoms with van der Waals surface area (Å²) in [5, 5.41) is 2.90. The largest absolute Gasteiger partial charge is 0.326 e. The number of hydrogen-bond acceptors (Lipinski definition) is 3. The molecule has 1 aromatic rings. The lowest BCUT2D eigenvalue weighted by atomic mass is 10.1. The Morgan fingerprint density at radius 2 is 2.28 bits per heavy atom. The average Bonchev–Trinajstić information content (AvgIpc) is 2.36. The first-order valence-electron chi connectivity index (χ1n) is 5.75. The highest BCUT2D eigenvalue weighted by molar-refractivity contribution is 7.98. The van der Waals surface area contributed by atoms with E-state index in [0.717, 1.165) is 22.6 Å². The molecule has 0 unspecified atom stereocenters. The third kappa shape index (κ3) is 4.82. The topological polar surface area (TPSA) is 55.1 Å². The van der Waals surface area contributed by atoms with Crippen molar-refractivity contribution in [3.05, 3.63) is 29.3 Å². The van der Waals surface area contributed by atoms with Crippen LogP contribution in [0.2, 0.25) is 0 Å². The van der Waals surface area contributed by atoms with Crippen LogP contribution < -0.4 is 11.1 Å². The second-order valence-corrected chi connectivity index (χ2v) is 4.81. The summed E-state index contributed by atoms with van der Waals surface area (Å²) < 4.78 is 0. The van der Waals surface area contributed by atoms with Crippen LogP contribution in [-0.2, 0) is 4.79 Å². The third-order valence-corrected chi connectivity index (χ3v) is 2.98. The molecule has 1 aromatic carbocycles. The van der Waals surface area contributed by atoms with Gasteiger partial charge in [0.1, 0.15) is 0 Å². The minimum absolute atomic E-state index is 0.0493. The van der Waals surface area contributed by atoms with E-state index in [1.54, 1.807) is 11.8 Å². The van der Waals surface area contributed by atoms with Gasteiger partial charge in [-0.2, -0.15) is 11.8 Å². The van der Waals surface area contributed by atoms with Gasteiger partial charge in [0.2, 0.25) is 5.91 Å². The Bertz CT molecular complexity index is 474. The van der Waals surface area contributed by atoms with E-state index in [9.17, 15) is 4.79 Å². The van der Waals surface area contributed by atoms with Crippen LogP contribution in [0.15, 0.2) is 18.2 Å². The molecule has 18 heavy (non-hydrogen) atoms. The van der Waals surface area contributed by atoms with Crippen LogP contribution >= 0.6 is 11.8 Å². The molecule has 3 N–H and O–H groups in total. The molecule has 0 saturated carbocycles. The van der Waals surface area contributed by atoms with Gasteiger partial charge in [-0.15, -0.1) is 0 Å². The van der Waals surface area contributed by atoms with Crippen LogP contribution in [0, 0.1) is 18.8 Å². The number of thioether (sulfide) groups is 1. The van der Waals surface area contributed by atoms with Crippen molar-refractivity contribution in [2.45, 2.75) is 13.3 Å². The zero-order chi connectivity index (χ0) is 13.4. The lowest BCUT2D eigenvalue weighted by Crippen LogP contribution is -2.13. The van der Waals surface area contributed by atoms with Gasteiger partial charge in [-0.25, -0.2) is 0 Å². The van der Waals surface area contributed by atoms with Gasteiger partial charge < -0.3 is 11.1 Å². The Balaban J connectivity index is 2.70. The summed E-state index contributed by atoms with van der Waals surface area (Å²) in [6.07, 6.45) is 2.53. The molecule has 1 rings (SSSR count). The average molecular weight is 262 g/mol. The highest BCUT2D eigenvalue weighted by Gasteiger charge is 2.04. The van der Waals surface area contributed by atoms with Crippen molar-refractivity contribution in [2.24, 2.45) is 5.73 Å². The summed E-state index contributed by atoms with van der Waals surface area (Å²) in [6.45, 7) is 2.31. The molecular weight excluding hydrogens is 244 g/mol. The summed E-state index contributed by atoms with van der Waals surface area (Å²) in [5.74, 6) is 6.66. The summed E-state index contributed by atoms with van der Waals surface area (Å²) in [6, 6.07) is 5.72. The molecule has 0 aromatic heterocycles. The number of nitrogens with one attached hydrogen (secondary N) is 1. The van der Waals surface area contributed by atoms with Crippen molar-refractivity contribution < 1.29 is 4.79 Å². The Labute approximate surface area is 113 Å². The summed E-state index contributed by atoms with van der Waals surface area (Å²) in [5.41, 5.74) is 8.10. The van der Waals surface area contributed by atoms with E-state index < -0.39 is 0 Å². The van der Waals surface area contributed by atoms with Crippen molar-refractivity contribution in [3.63, 3.8) is 0 Å². The number of anilines is 1. The number of nitrogens with two attached hydrogens (primary N) is 1. The summed E-state index contributed by atoms with van der Waals surface area (Å²) in [4.78, 5) is 11.6. The fourth-order valence-electron chi connectivity index (χ4n) is 1.44. The Kier molecular flexibility index (Phi) is 6.34. The fourth-order valence-corrected chi connectivity index (χ4v) is 1.83. The molecule has 4 heteroatoms. The van der Waals surface area contributed by atoms with Crippen LogP contribution in [0.1, 0.15) is 17.5 Å². The van der Waals surface area contributed by atoms with E-state index >= 15 is 0 Å². The molecule has 0 atom stereocenters. The maximum atomic E-state index is 11.6. The van der Waals surface area contributed by atoms with Gasteiger partial charge >= 0.3 is 0 Å². The fraction of sp³-hybridized carbons (Fsp3) is 0.357. The van der Waals surface area contributed by atoms with E-state index in [1.807, 2.05) is 31.4 Å². The lowest BCUT2D eigenvalue weighted by molar-refractivity contribution is -0.115. The zero-order valence-electron chi connectivity index (χ0n) is 10.7. The van der Waals surface area contributed by atoms with Gasteiger partial charge in [-0.05, 0) is 36.9 Å². The van der Waals surface area contributed by atoms with Gasteiger partial charge in [0.05, 0.1) is 6.54 Å². The van der Waals surface area contributed by atoms with Gasteiger partial charge in [-0.3, -0.25) is 4.79 Å². The summed E-state index contributed by atoms with van der Waals surface area (Å²) >= 11 is 1.67. The van der Waals surface area contributed by atoms with Crippen LogP contribution in [-0.4, -0.2) is 24.5 Å². The van der Waals surface area contributed by atoms with E-state index in [2.05, 4.69) is 17.2 Å². The number of benzene rings is 1. The second kappa shape index (κ2) is 7.80. The quantitative estimate of drug-likeness (QED) is 0.816. The molecule has 0 heterocycles. The number of carbonyl (C=O) groups excluding carboxylic acids is 1. The molecule has 0 saturated heterocycles. The Hall–Kier alpha value is -1.44. The molecule has 0 aliphatic rings. The second-order valence-electron chi connectivity index (χ2n) is 3.83. The number of hydrogen-bond donors (Lipinski definition) is 2. The third-order valence-electron chi connectivity index (χ3n) is 2.37. The first-order chi connectivity index (χ1) is 8.67. The first-order valence-corrected chi connectivity index (χ1v) is 7.15. The van der Waals surface area contributed by atoms with E-state index in [1.165, 1.54) is 0 Å². The maximum Gasteiger partial charge on any atom is 0.225 e. The number of rotatable bonds is 4. The number of carbonyl (C=O) groups is 1. The molecule has 0 radical (unpaired) electrons. The van der Waals surface area contributed by atoms with Crippen molar-refractivity contribution in [3.8, 4) is 11.8 Å². The molecular formula is C14H18N2OS. The predicted molar refractivity (Wildman–Crippen MR) is 78.7 cm³/mol.